The van der Waals surface area contributed by atoms with E-state index in [0.29, 0.717) is 22.7 Å². The fourth-order valence-electron chi connectivity index (χ4n) is 2.59. The Balaban J connectivity index is 1.87. The molecule has 0 saturated carbocycles. The quantitative estimate of drug-likeness (QED) is 0.608. The molecule has 0 unspecified atom stereocenters. The van der Waals surface area contributed by atoms with Gasteiger partial charge in [0.25, 0.3) is 5.56 Å². The number of fused-ring (bicyclic) bond motifs is 1. The van der Waals surface area contributed by atoms with Crippen LogP contribution in [0.1, 0.15) is 33.2 Å². The van der Waals surface area contributed by atoms with Gasteiger partial charge in [0.05, 0.1) is 18.3 Å². The van der Waals surface area contributed by atoms with Crippen molar-refractivity contribution in [2.75, 3.05) is 6.61 Å². The Morgan fingerprint density at radius 3 is 2.65 bits per heavy atom. The molecule has 1 aromatic carbocycles. The standard InChI is InChI=1S/C20H22N2O3S/c1-13(2)9-10-25-20(24)14(3)22-12-21-18-16(19(22)23)11-17(26-18)15-7-5-4-6-8-15/h4-8,11-14H,9-10H2,1-3H3/t14-/m0/s1. The molecular formula is C20H22N2O3S. The zero-order valence-corrected chi connectivity index (χ0v) is 16.0. The molecule has 136 valence electrons. The van der Waals surface area contributed by atoms with E-state index in [0.717, 1.165) is 16.9 Å². The lowest BCUT2D eigenvalue weighted by atomic mass is 10.1. The first kappa shape index (κ1) is 18.3. The molecule has 2 aromatic heterocycles. The normalized spacial score (nSPS) is 12.5. The van der Waals surface area contributed by atoms with Gasteiger partial charge in [-0.1, -0.05) is 44.2 Å². The van der Waals surface area contributed by atoms with E-state index in [4.69, 9.17) is 4.74 Å². The molecule has 1 atom stereocenters. The highest BCUT2D eigenvalue weighted by atomic mass is 32.1. The summed E-state index contributed by atoms with van der Waals surface area (Å²) in [5.74, 6) is 0.0495. The van der Waals surface area contributed by atoms with Crippen molar-refractivity contribution in [3.63, 3.8) is 0 Å². The predicted molar refractivity (Wildman–Crippen MR) is 104 cm³/mol. The summed E-state index contributed by atoms with van der Waals surface area (Å²) in [6.45, 7) is 6.17. The average molecular weight is 370 g/mol. The van der Waals surface area contributed by atoms with E-state index in [1.165, 1.54) is 22.2 Å². The van der Waals surface area contributed by atoms with E-state index in [1.54, 1.807) is 6.92 Å². The van der Waals surface area contributed by atoms with E-state index in [1.807, 2.05) is 36.4 Å². The number of ether oxygens (including phenoxy) is 1. The number of aromatic nitrogens is 2. The van der Waals surface area contributed by atoms with Crippen LogP contribution < -0.4 is 5.56 Å². The third-order valence-electron chi connectivity index (χ3n) is 4.23. The van der Waals surface area contributed by atoms with Crippen molar-refractivity contribution in [1.82, 2.24) is 9.55 Å². The zero-order valence-electron chi connectivity index (χ0n) is 15.1. The molecule has 0 N–H and O–H groups in total. The summed E-state index contributed by atoms with van der Waals surface area (Å²) in [6, 6.07) is 11.0. The van der Waals surface area contributed by atoms with Gasteiger partial charge in [0, 0.05) is 4.88 Å². The Morgan fingerprint density at radius 1 is 1.23 bits per heavy atom. The van der Waals surface area contributed by atoms with Crippen molar-refractivity contribution >= 4 is 27.5 Å². The van der Waals surface area contributed by atoms with Crippen LogP contribution in [-0.4, -0.2) is 22.1 Å². The number of carbonyl (C=O) groups excluding carboxylic acids is 1. The van der Waals surface area contributed by atoms with Gasteiger partial charge in [0.2, 0.25) is 0 Å². The first-order chi connectivity index (χ1) is 12.5. The fraction of sp³-hybridized carbons (Fsp3) is 0.350. The summed E-state index contributed by atoms with van der Waals surface area (Å²) in [6.07, 6.45) is 2.24. The average Bonchev–Trinajstić information content (AvgIpc) is 3.07. The summed E-state index contributed by atoms with van der Waals surface area (Å²) in [5, 5.41) is 0.526. The van der Waals surface area contributed by atoms with Crippen molar-refractivity contribution in [3.8, 4) is 10.4 Å². The molecule has 0 fully saturated rings. The minimum atomic E-state index is -0.702. The molecule has 0 saturated heterocycles. The van der Waals surface area contributed by atoms with Crippen molar-refractivity contribution in [3.05, 3.63) is 53.1 Å². The first-order valence-electron chi connectivity index (χ1n) is 8.70. The number of carbonyl (C=O) groups is 1. The van der Waals surface area contributed by atoms with Crippen LogP contribution in [0.2, 0.25) is 0 Å². The highest BCUT2D eigenvalue weighted by Gasteiger charge is 2.20. The minimum absolute atomic E-state index is 0.221. The predicted octanol–water partition coefficient (Wildman–Crippen LogP) is 4.28. The molecule has 6 heteroatoms. The lowest BCUT2D eigenvalue weighted by molar-refractivity contribution is -0.147. The Kier molecular flexibility index (Phi) is 5.52. The van der Waals surface area contributed by atoms with Gasteiger partial charge in [-0.15, -0.1) is 11.3 Å². The van der Waals surface area contributed by atoms with Crippen molar-refractivity contribution in [1.29, 1.82) is 0 Å². The van der Waals surface area contributed by atoms with Crippen LogP contribution in [0.25, 0.3) is 20.7 Å². The lowest BCUT2D eigenvalue weighted by Crippen LogP contribution is -2.29. The van der Waals surface area contributed by atoms with E-state index in [2.05, 4.69) is 18.8 Å². The van der Waals surface area contributed by atoms with Crippen LogP contribution in [0.15, 0.2) is 47.5 Å². The largest absolute Gasteiger partial charge is 0.464 e. The maximum absolute atomic E-state index is 12.8. The maximum atomic E-state index is 12.8. The van der Waals surface area contributed by atoms with Crippen LogP contribution in [-0.2, 0) is 9.53 Å². The topological polar surface area (TPSA) is 61.2 Å². The molecule has 0 aliphatic heterocycles. The highest BCUT2D eigenvalue weighted by Crippen LogP contribution is 2.30. The summed E-state index contributed by atoms with van der Waals surface area (Å²) in [7, 11) is 0. The molecule has 0 radical (unpaired) electrons. The van der Waals surface area contributed by atoms with E-state index < -0.39 is 12.0 Å². The van der Waals surface area contributed by atoms with Gasteiger partial charge in [-0.3, -0.25) is 9.36 Å². The molecule has 3 aromatic rings. The molecule has 0 aliphatic rings. The second-order valence-electron chi connectivity index (χ2n) is 6.68. The Morgan fingerprint density at radius 2 is 1.96 bits per heavy atom. The summed E-state index contributed by atoms with van der Waals surface area (Å²) in [5.41, 5.74) is 0.823. The molecule has 2 heterocycles. The molecule has 0 amide bonds. The molecule has 26 heavy (non-hydrogen) atoms. The number of rotatable bonds is 6. The summed E-state index contributed by atoms with van der Waals surface area (Å²) < 4.78 is 6.64. The number of thiophene rings is 1. The summed E-state index contributed by atoms with van der Waals surface area (Å²) >= 11 is 1.47. The van der Waals surface area contributed by atoms with Gasteiger partial charge in [0.15, 0.2) is 0 Å². The zero-order chi connectivity index (χ0) is 18.7. The first-order valence-corrected chi connectivity index (χ1v) is 9.51. The molecule has 0 bridgehead atoms. The molecule has 0 spiro atoms. The van der Waals surface area contributed by atoms with E-state index in [9.17, 15) is 9.59 Å². The van der Waals surface area contributed by atoms with Crippen LogP contribution in [0.5, 0.6) is 0 Å². The monoisotopic (exact) mass is 370 g/mol. The Hall–Kier alpha value is -2.47. The van der Waals surface area contributed by atoms with Crippen LogP contribution in [0.4, 0.5) is 0 Å². The molecule has 0 aliphatic carbocycles. The highest BCUT2D eigenvalue weighted by molar-refractivity contribution is 7.21. The number of benzene rings is 1. The van der Waals surface area contributed by atoms with Gasteiger partial charge in [-0.25, -0.2) is 9.78 Å². The third kappa shape index (κ3) is 3.85. The molecule has 3 rings (SSSR count). The molecular weight excluding hydrogens is 348 g/mol. The molecule has 5 nitrogen and oxygen atoms in total. The fourth-order valence-corrected chi connectivity index (χ4v) is 3.58. The van der Waals surface area contributed by atoms with Crippen molar-refractivity contribution in [2.24, 2.45) is 5.92 Å². The number of hydrogen-bond donors (Lipinski definition) is 0. The van der Waals surface area contributed by atoms with Crippen LogP contribution >= 0.6 is 11.3 Å². The summed E-state index contributed by atoms with van der Waals surface area (Å²) in [4.78, 5) is 31.1. The van der Waals surface area contributed by atoms with Crippen molar-refractivity contribution in [2.45, 2.75) is 33.2 Å². The van der Waals surface area contributed by atoms with Gasteiger partial charge in [0.1, 0.15) is 10.9 Å². The van der Waals surface area contributed by atoms with Crippen LogP contribution in [0.3, 0.4) is 0 Å². The van der Waals surface area contributed by atoms with Gasteiger partial charge >= 0.3 is 5.97 Å². The lowest BCUT2D eigenvalue weighted by Gasteiger charge is -2.14. The Bertz CT molecular complexity index is 960. The minimum Gasteiger partial charge on any atom is -0.464 e. The number of nitrogens with zero attached hydrogens (tertiary/aromatic N) is 2. The van der Waals surface area contributed by atoms with Gasteiger partial charge < -0.3 is 4.74 Å². The second-order valence-corrected chi connectivity index (χ2v) is 7.71. The van der Waals surface area contributed by atoms with E-state index >= 15 is 0 Å². The SMILES string of the molecule is CC(C)CCOC(=O)[C@H](C)n1cnc2sc(-c3ccccc3)cc2c1=O. The third-order valence-corrected chi connectivity index (χ3v) is 5.33. The number of esters is 1. The maximum Gasteiger partial charge on any atom is 0.328 e. The van der Waals surface area contributed by atoms with Crippen LogP contribution in [0, 0.1) is 5.92 Å². The Labute approximate surface area is 156 Å². The van der Waals surface area contributed by atoms with Gasteiger partial charge in [-0.2, -0.15) is 0 Å². The van der Waals surface area contributed by atoms with Crippen molar-refractivity contribution < 1.29 is 9.53 Å². The second kappa shape index (κ2) is 7.83. The van der Waals surface area contributed by atoms with Gasteiger partial charge in [-0.05, 0) is 30.9 Å². The smallest absolute Gasteiger partial charge is 0.328 e. The number of hydrogen-bond acceptors (Lipinski definition) is 5. The van der Waals surface area contributed by atoms with E-state index in [-0.39, 0.29) is 5.56 Å².